The lowest BCUT2D eigenvalue weighted by Crippen LogP contribution is -2.02. The van der Waals surface area contributed by atoms with Gasteiger partial charge in [-0.25, -0.2) is 9.97 Å². The topological polar surface area (TPSA) is 25.8 Å². The molecule has 2 nitrogen and oxygen atoms in total. The van der Waals surface area contributed by atoms with Crippen molar-refractivity contribution in [1.29, 1.82) is 0 Å². The summed E-state index contributed by atoms with van der Waals surface area (Å²) in [6.07, 6.45) is 3.14. The van der Waals surface area contributed by atoms with Gasteiger partial charge in [-0.15, -0.1) is 0 Å². The SMILES string of the molecule is Cc1cc(C)cc(Cc2nc(Cl)c(Br)c(C3CC3)n2)c1. The van der Waals surface area contributed by atoms with Crippen molar-refractivity contribution in [2.75, 3.05) is 0 Å². The molecule has 0 atom stereocenters. The predicted octanol–water partition coefficient (Wildman–Crippen LogP) is 4.98. The van der Waals surface area contributed by atoms with Crippen molar-refractivity contribution in [3.05, 3.63) is 56.0 Å². The molecule has 20 heavy (non-hydrogen) atoms. The van der Waals surface area contributed by atoms with E-state index < -0.39 is 0 Å². The van der Waals surface area contributed by atoms with Gasteiger partial charge in [-0.05, 0) is 48.2 Å². The van der Waals surface area contributed by atoms with E-state index in [0.29, 0.717) is 11.1 Å². The van der Waals surface area contributed by atoms with Crippen LogP contribution in [0.4, 0.5) is 0 Å². The Morgan fingerprint density at radius 2 is 1.80 bits per heavy atom. The highest BCUT2D eigenvalue weighted by atomic mass is 79.9. The van der Waals surface area contributed by atoms with Gasteiger partial charge < -0.3 is 0 Å². The first-order valence-corrected chi connectivity index (χ1v) is 7.99. The largest absolute Gasteiger partial charge is 0.236 e. The number of hydrogen-bond acceptors (Lipinski definition) is 2. The molecule has 1 saturated carbocycles. The molecule has 1 aliphatic carbocycles. The number of aromatic nitrogens is 2. The summed E-state index contributed by atoms with van der Waals surface area (Å²) in [7, 11) is 0. The summed E-state index contributed by atoms with van der Waals surface area (Å²) in [6.45, 7) is 4.23. The van der Waals surface area contributed by atoms with E-state index in [2.05, 4.69) is 53.0 Å². The highest BCUT2D eigenvalue weighted by Crippen LogP contribution is 2.43. The highest BCUT2D eigenvalue weighted by molar-refractivity contribution is 9.10. The van der Waals surface area contributed by atoms with E-state index in [4.69, 9.17) is 16.6 Å². The van der Waals surface area contributed by atoms with Gasteiger partial charge >= 0.3 is 0 Å². The molecule has 0 spiro atoms. The van der Waals surface area contributed by atoms with E-state index in [1.165, 1.54) is 29.5 Å². The first kappa shape index (κ1) is 14.0. The summed E-state index contributed by atoms with van der Waals surface area (Å²) in [5.74, 6) is 1.37. The normalized spacial score (nSPS) is 14.6. The smallest absolute Gasteiger partial charge is 0.147 e. The lowest BCUT2D eigenvalue weighted by Gasteiger charge is -2.08. The van der Waals surface area contributed by atoms with Crippen LogP contribution in [-0.2, 0) is 6.42 Å². The van der Waals surface area contributed by atoms with E-state index in [9.17, 15) is 0 Å². The van der Waals surface area contributed by atoms with Gasteiger partial charge in [0.2, 0.25) is 0 Å². The van der Waals surface area contributed by atoms with Crippen LogP contribution in [0, 0.1) is 13.8 Å². The third kappa shape index (κ3) is 3.04. The van der Waals surface area contributed by atoms with Gasteiger partial charge in [0.25, 0.3) is 0 Å². The van der Waals surface area contributed by atoms with Crippen molar-refractivity contribution in [1.82, 2.24) is 9.97 Å². The minimum Gasteiger partial charge on any atom is -0.236 e. The van der Waals surface area contributed by atoms with Crippen molar-refractivity contribution >= 4 is 27.5 Å². The van der Waals surface area contributed by atoms with Crippen molar-refractivity contribution in [3.8, 4) is 0 Å². The number of rotatable bonds is 3. The molecular formula is C16H16BrClN2. The summed E-state index contributed by atoms with van der Waals surface area (Å²) < 4.78 is 0.867. The Hall–Kier alpha value is -0.930. The molecule has 2 aromatic rings. The second kappa shape index (κ2) is 5.45. The fourth-order valence-corrected chi connectivity index (χ4v) is 3.24. The molecule has 3 rings (SSSR count). The van der Waals surface area contributed by atoms with Crippen LogP contribution in [0.2, 0.25) is 5.15 Å². The molecule has 1 fully saturated rings. The molecule has 0 amide bonds. The molecular weight excluding hydrogens is 336 g/mol. The maximum Gasteiger partial charge on any atom is 0.147 e. The predicted molar refractivity (Wildman–Crippen MR) is 85.4 cm³/mol. The van der Waals surface area contributed by atoms with Crippen molar-refractivity contribution in [3.63, 3.8) is 0 Å². The van der Waals surface area contributed by atoms with Crippen molar-refractivity contribution in [2.24, 2.45) is 0 Å². The van der Waals surface area contributed by atoms with Gasteiger partial charge in [0.05, 0.1) is 10.2 Å². The molecule has 4 heteroatoms. The third-order valence-electron chi connectivity index (χ3n) is 3.49. The Morgan fingerprint density at radius 3 is 2.40 bits per heavy atom. The average Bonchev–Trinajstić information content (AvgIpc) is 3.16. The summed E-state index contributed by atoms with van der Waals surface area (Å²) in [5, 5.41) is 0.529. The molecule has 0 unspecified atom stereocenters. The van der Waals surface area contributed by atoms with Crippen LogP contribution in [0.15, 0.2) is 22.7 Å². The van der Waals surface area contributed by atoms with Gasteiger partial charge in [0, 0.05) is 12.3 Å². The van der Waals surface area contributed by atoms with Gasteiger partial charge in [-0.1, -0.05) is 40.9 Å². The van der Waals surface area contributed by atoms with E-state index >= 15 is 0 Å². The van der Waals surface area contributed by atoms with Crippen LogP contribution in [0.25, 0.3) is 0 Å². The molecule has 0 radical (unpaired) electrons. The standard InChI is InChI=1S/C16H16BrClN2/c1-9-5-10(2)7-11(6-9)8-13-19-15(12-3-4-12)14(17)16(18)20-13/h5-7,12H,3-4,8H2,1-2H3. The summed E-state index contributed by atoms with van der Waals surface area (Å²) in [4.78, 5) is 9.11. The highest BCUT2D eigenvalue weighted by Gasteiger charge is 2.29. The second-order valence-corrected chi connectivity index (χ2v) is 6.73. The van der Waals surface area contributed by atoms with Gasteiger partial charge in [0.15, 0.2) is 0 Å². The molecule has 0 saturated heterocycles. The zero-order valence-corrected chi connectivity index (χ0v) is 13.9. The zero-order valence-electron chi connectivity index (χ0n) is 11.6. The van der Waals surface area contributed by atoms with E-state index in [0.717, 1.165) is 22.4 Å². The van der Waals surface area contributed by atoms with Crippen LogP contribution in [0.5, 0.6) is 0 Å². The number of benzene rings is 1. The molecule has 1 aromatic carbocycles. The minimum absolute atomic E-state index is 0.529. The Bertz CT molecular complexity index is 646. The van der Waals surface area contributed by atoms with Crippen LogP contribution >= 0.6 is 27.5 Å². The maximum absolute atomic E-state index is 6.22. The number of halogens is 2. The Morgan fingerprint density at radius 1 is 1.15 bits per heavy atom. The molecule has 1 aliphatic rings. The van der Waals surface area contributed by atoms with E-state index in [-0.39, 0.29) is 0 Å². The first-order chi connectivity index (χ1) is 9.52. The lowest BCUT2D eigenvalue weighted by molar-refractivity contribution is 0.889. The number of aryl methyl sites for hydroxylation is 2. The molecule has 0 bridgehead atoms. The summed E-state index contributed by atoms with van der Waals surface area (Å²) in [6, 6.07) is 6.54. The average molecular weight is 352 g/mol. The maximum atomic E-state index is 6.22. The monoisotopic (exact) mass is 350 g/mol. The van der Waals surface area contributed by atoms with E-state index in [1.807, 2.05) is 0 Å². The van der Waals surface area contributed by atoms with E-state index in [1.54, 1.807) is 0 Å². The van der Waals surface area contributed by atoms with Gasteiger partial charge in [-0.3, -0.25) is 0 Å². The quantitative estimate of drug-likeness (QED) is 0.729. The van der Waals surface area contributed by atoms with Gasteiger partial charge in [0.1, 0.15) is 11.0 Å². The fraction of sp³-hybridized carbons (Fsp3) is 0.375. The van der Waals surface area contributed by atoms with Crippen LogP contribution in [0.3, 0.4) is 0 Å². The molecule has 0 N–H and O–H groups in total. The Labute approximate surface area is 132 Å². The molecule has 1 heterocycles. The first-order valence-electron chi connectivity index (χ1n) is 6.82. The molecule has 104 valence electrons. The zero-order chi connectivity index (χ0) is 14.3. The summed E-state index contributed by atoms with van der Waals surface area (Å²) in [5.41, 5.74) is 4.85. The summed E-state index contributed by atoms with van der Waals surface area (Å²) >= 11 is 9.73. The van der Waals surface area contributed by atoms with Crippen LogP contribution in [-0.4, -0.2) is 9.97 Å². The Balaban J connectivity index is 1.94. The molecule has 1 aromatic heterocycles. The van der Waals surface area contributed by atoms with Crippen molar-refractivity contribution < 1.29 is 0 Å². The second-order valence-electron chi connectivity index (χ2n) is 5.58. The Kier molecular flexibility index (Phi) is 3.83. The van der Waals surface area contributed by atoms with Gasteiger partial charge in [-0.2, -0.15) is 0 Å². The minimum atomic E-state index is 0.529. The fourth-order valence-electron chi connectivity index (χ4n) is 2.54. The van der Waals surface area contributed by atoms with Crippen LogP contribution in [0.1, 0.15) is 47.0 Å². The molecule has 0 aliphatic heterocycles. The lowest BCUT2D eigenvalue weighted by atomic mass is 10.0. The third-order valence-corrected chi connectivity index (χ3v) is 4.77. The van der Waals surface area contributed by atoms with Crippen molar-refractivity contribution in [2.45, 2.75) is 39.0 Å². The van der Waals surface area contributed by atoms with Crippen LogP contribution < -0.4 is 0 Å². The number of nitrogens with zero attached hydrogens (tertiary/aromatic N) is 2. The number of hydrogen-bond donors (Lipinski definition) is 0.